The Balaban J connectivity index is 2.26. The van der Waals surface area contributed by atoms with Crippen LogP contribution in [0.2, 0.25) is 5.02 Å². The number of aliphatic hydroxyl groups is 1. The van der Waals surface area contributed by atoms with Crippen LogP contribution in [-0.4, -0.2) is 42.2 Å². The highest BCUT2D eigenvalue weighted by Gasteiger charge is 2.27. The summed E-state index contributed by atoms with van der Waals surface area (Å²) in [5, 5.41) is 9.92. The van der Waals surface area contributed by atoms with Crippen LogP contribution >= 0.6 is 11.6 Å². The Kier molecular flexibility index (Phi) is 3.54. The molecule has 0 spiro atoms. The van der Waals surface area contributed by atoms with Crippen molar-refractivity contribution in [3.63, 3.8) is 0 Å². The third-order valence-corrected chi connectivity index (χ3v) is 3.08. The van der Waals surface area contributed by atoms with Crippen molar-refractivity contribution in [3.05, 3.63) is 28.8 Å². The van der Waals surface area contributed by atoms with E-state index < -0.39 is 6.10 Å². The van der Waals surface area contributed by atoms with Gasteiger partial charge in [-0.2, -0.15) is 0 Å². The first-order valence-corrected chi connectivity index (χ1v) is 5.80. The van der Waals surface area contributed by atoms with E-state index in [0.717, 1.165) is 0 Å². The van der Waals surface area contributed by atoms with Gasteiger partial charge in [-0.3, -0.25) is 4.79 Å². The van der Waals surface area contributed by atoms with Crippen molar-refractivity contribution in [2.45, 2.75) is 12.5 Å². The van der Waals surface area contributed by atoms with Gasteiger partial charge in [-0.25, -0.2) is 0 Å². The van der Waals surface area contributed by atoms with Gasteiger partial charge in [-0.1, -0.05) is 11.6 Å². The SMILES string of the molecule is COc1ccc(Cl)cc1C(=O)N1CC[C@@H](O)C1. The minimum atomic E-state index is -0.427. The minimum absolute atomic E-state index is 0.152. The zero-order valence-corrected chi connectivity index (χ0v) is 10.3. The van der Waals surface area contributed by atoms with Gasteiger partial charge in [0, 0.05) is 18.1 Å². The average molecular weight is 256 g/mol. The Morgan fingerprint density at radius 3 is 2.94 bits per heavy atom. The lowest BCUT2D eigenvalue weighted by atomic mass is 10.1. The van der Waals surface area contributed by atoms with E-state index in [9.17, 15) is 9.90 Å². The number of ether oxygens (including phenoxy) is 1. The van der Waals surface area contributed by atoms with Gasteiger partial charge in [-0.15, -0.1) is 0 Å². The van der Waals surface area contributed by atoms with Gasteiger partial charge in [0.15, 0.2) is 0 Å². The van der Waals surface area contributed by atoms with E-state index in [-0.39, 0.29) is 5.91 Å². The summed E-state index contributed by atoms with van der Waals surface area (Å²) < 4.78 is 5.14. The van der Waals surface area contributed by atoms with Crippen LogP contribution in [0.4, 0.5) is 0 Å². The second-order valence-electron chi connectivity index (χ2n) is 4.04. The van der Waals surface area contributed by atoms with Crippen LogP contribution in [0.5, 0.6) is 5.75 Å². The smallest absolute Gasteiger partial charge is 0.257 e. The first-order valence-electron chi connectivity index (χ1n) is 5.42. The average Bonchev–Trinajstić information content (AvgIpc) is 2.75. The second-order valence-corrected chi connectivity index (χ2v) is 4.47. The fourth-order valence-electron chi connectivity index (χ4n) is 1.94. The molecule has 1 atom stereocenters. The second kappa shape index (κ2) is 4.94. The molecule has 4 nitrogen and oxygen atoms in total. The van der Waals surface area contributed by atoms with Crippen LogP contribution in [0.15, 0.2) is 18.2 Å². The van der Waals surface area contributed by atoms with Gasteiger partial charge in [0.2, 0.25) is 0 Å². The molecule has 0 aromatic heterocycles. The quantitative estimate of drug-likeness (QED) is 0.873. The Hall–Kier alpha value is -1.26. The van der Waals surface area contributed by atoms with Gasteiger partial charge in [0.05, 0.1) is 18.8 Å². The molecule has 0 radical (unpaired) electrons. The summed E-state index contributed by atoms with van der Waals surface area (Å²) in [7, 11) is 1.51. The highest BCUT2D eigenvalue weighted by Crippen LogP contribution is 2.25. The summed E-state index contributed by atoms with van der Waals surface area (Å²) in [6, 6.07) is 4.94. The van der Waals surface area contributed by atoms with Crippen molar-refractivity contribution < 1.29 is 14.6 Å². The molecular weight excluding hydrogens is 242 g/mol. The summed E-state index contributed by atoms with van der Waals surface area (Å²) in [5.74, 6) is 0.349. The topological polar surface area (TPSA) is 49.8 Å². The number of carbonyl (C=O) groups is 1. The molecule has 17 heavy (non-hydrogen) atoms. The van der Waals surface area contributed by atoms with Gasteiger partial charge in [-0.05, 0) is 24.6 Å². The largest absolute Gasteiger partial charge is 0.496 e. The molecule has 1 heterocycles. The Morgan fingerprint density at radius 1 is 1.59 bits per heavy atom. The number of aliphatic hydroxyl groups excluding tert-OH is 1. The molecule has 1 aliphatic rings. The van der Waals surface area contributed by atoms with Crippen LogP contribution in [0, 0.1) is 0 Å². The molecule has 0 saturated carbocycles. The first-order chi connectivity index (χ1) is 8.11. The van der Waals surface area contributed by atoms with E-state index in [1.54, 1.807) is 23.1 Å². The fourth-order valence-corrected chi connectivity index (χ4v) is 2.12. The zero-order chi connectivity index (χ0) is 12.4. The molecule has 1 aromatic carbocycles. The number of β-amino-alcohol motifs (C(OH)–C–C–N with tert-alkyl or cyclic N) is 1. The summed E-state index contributed by atoms with van der Waals surface area (Å²) in [4.78, 5) is 13.8. The molecule has 1 aliphatic heterocycles. The molecule has 0 aliphatic carbocycles. The monoisotopic (exact) mass is 255 g/mol. The maximum absolute atomic E-state index is 12.2. The highest BCUT2D eigenvalue weighted by molar-refractivity contribution is 6.31. The van der Waals surface area contributed by atoms with E-state index >= 15 is 0 Å². The van der Waals surface area contributed by atoms with Crippen molar-refractivity contribution >= 4 is 17.5 Å². The van der Waals surface area contributed by atoms with E-state index in [1.807, 2.05) is 0 Å². The normalized spacial score (nSPS) is 19.5. The van der Waals surface area contributed by atoms with Crippen molar-refractivity contribution in [1.29, 1.82) is 0 Å². The summed E-state index contributed by atoms with van der Waals surface area (Å²) in [5.41, 5.74) is 0.439. The molecule has 5 heteroatoms. The third-order valence-electron chi connectivity index (χ3n) is 2.84. The van der Waals surface area contributed by atoms with Gasteiger partial charge >= 0.3 is 0 Å². The van der Waals surface area contributed by atoms with Crippen LogP contribution in [0.25, 0.3) is 0 Å². The number of halogens is 1. The number of rotatable bonds is 2. The predicted molar refractivity (Wildman–Crippen MR) is 64.5 cm³/mol. The predicted octanol–water partition coefficient (Wildman–Crippen LogP) is 1.56. The van der Waals surface area contributed by atoms with Crippen molar-refractivity contribution in [1.82, 2.24) is 4.90 Å². The van der Waals surface area contributed by atoms with Crippen LogP contribution in [0.3, 0.4) is 0 Å². The Morgan fingerprint density at radius 2 is 2.35 bits per heavy atom. The fraction of sp³-hybridized carbons (Fsp3) is 0.417. The van der Waals surface area contributed by atoms with E-state index in [0.29, 0.717) is 35.8 Å². The number of methoxy groups -OCH3 is 1. The summed E-state index contributed by atoms with van der Waals surface area (Å²) in [6.45, 7) is 0.935. The summed E-state index contributed by atoms with van der Waals surface area (Å²) >= 11 is 5.88. The number of hydrogen-bond acceptors (Lipinski definition) is 3. The standard InChI is InChI=1S/C12H14ClNO3/c1-17-11-3-2-8(13)6-10(11)12(16)14-5-4-9(15)7-14/h2-3,6,9,15H,4-5,7H2,1H3/t9-/m1/s1. The lowest BCUT2D eigenvalue weighted by Crippen LogP contribution is -2.29. The molecule has 92 valence electrons. The van der Waals surface area contributed by atoms with Crippen molar-refractivity contribution in [3.8, 4) is 5.75 Å². The maximum atomic E-state index is 12.2. The molecule has 0 unspecified atom stereocenters. The molecule has 1 amide bonds. The van der Waals surface area contributed by atoms with Gasteiger partial charge in [0.25, 0.3) is 5.91 Å². The highest BCUT2D eigenvalue weighted by atomic mass is 35.5. The molecule has 1 N–H and O–H groups in total. The number of benzene rings is 1. The van der Waals surface area contributed by atoms with Crippen molar-refractivity contribution in [2.75, 3.05) is 20.2 Å². The molecular formula is C12H14ClNO3. The van der Waals surface area contributed by atoms with E-state index in [2.05, 4.69) is 0 Å². The molecule has 1 fully saturated rings. The molecule has 1 aromatic rings. The molecule has 1 saturated heterocycles. The van der Waals surface area contributed by atoms with Gasteiger partial charge < -0.3 is 14.7 Å². The number of hydrogen-bond donors (Lipinski definition) is 1. The molecule has 2 rings (SSSR count). The third kappa shape index (κ3) is 2.53. The Labute approximate surface area is 105 Å². The number of carbonyl (C=O) groups excluding carboxylic acids is 1. The van der Waals surface area contributed by atoms with Crippen LogP contribution in [-0.2, 0) is 0 Å². The van der Waals surface area contributed by atoms with Crippen LogP contribution < -0.4 is 4.74 Å². The molecule has 0 bridgehead atoms. The lowest BCUT2D eigenvalue weighted by Gasteiger charge is -2.17. The number of nitrogens with zero attached hydrogens (tertiary/aromatic N) is 1. The zero-order valence-electron chi connectivity index (χ0n) is 9.52. The number of amides is 1. The number of likely N-dealkylation sites (tertiary alicyclic amines) is 1. The first kappa shape index (κ1) is 12.2. The maximum Gasteiger partial charge on any atom is 0.257 e. The Bertz CT molecular complexity index is 436. The minimum Gasteiger partial charge on any atom is -0.496 e. The van der Waals surface area contributed by atoms with Crippen molar-refractivity contribution in [2.24, 2.45) is 0 Å². The lowest BCUT2D eigenvalue weighted by molar-refractivity contribution is 0.0761. The van der Waals surface area contributed by atoms with E-state index in [1.165, 1.54) is 7.11 Å². The summed E-state index contributed by atoms with van der Waals surface area (Å²) in [6.07, 6.45) is 0.193. The van der Waals surface area contributed by atoms with E-state index in [4.69, 9.17) is 16.3 Å². The van der Waals surface area contributed by atoms with Crippen LogP contribution in [0.1, 0.15) is 16.8 Å². The van der Waals surface area contributed by atoms with Gasteiger partial charge in [0.1, 0.15) is 5.75 Å².